The third-order valence-electron chi connectivity index (χ3n) is 3.03. The predicted molar refractivity (Wildman–Crippen MR) is 77.8 cm³/mol. The predicted octanol–water partition coefficient (Wildman–Crippen LogP) is 2.19. The first-order valence-corrected chi connectivity index (χ1v) is 6.27. The zero-order valence-electron chi connectivity index (χ0n) is 11.0. The SMILES string of the molecule is C=N[C@@](O)(CO)[C@@H](Oc1ccccc1)c1ccccc1. The van der Waals surface area contributed by atoms with Crippen LogP contribution in [-0.4, -0.2) is 29.3 Å². The van der Waals surface area contributed by atoms with E-state index >= 15 is 0 Å². The molecule has 2 aromatic rings. The highest BCUT2D eigenvalue weighted by molar-refractivity contribution is 5.30. The number of para-hydroxylation sites is 1. The third kappa shape index (κ3) is 3.04. The van der Waals surface area contributed by atoms with Gasteiger partial charge in [0.25, 0.3) is 0 Å². The van der Waals surface area contributed by atoms with Crippen LogP contribution in [0.4, 0.5) is 0 Å². The Balaban J connectivity index is 2.37. The summed E-state index contributed by atoms with van der Waals surface area (Å²) in [6, 6.07) is 18.2. The maximum Gasteiger partial charge on any atom is 0.220 e. The highest BCUT2D eigenvalue weighted by Gasteiger charge is 2.38. The summed E-state index contributed by atoms with van der Waals surface area (Å²) in [5.41, 5.74) is -1.09. The van der Waals surface area contributed by atoms with Crippen molar-refractivity contribution in [3.05, 3.63) is 66.2 Å². The van der Waals surface area contributed by atoms with Crippen molar-refractivity contribution in [3.8, 4) is 5.75 Å². The van der Waals surface area contributed by atoms with E-state index in [1.54, 1.807) is 24.3 Å². The minimum absolute atomic E-state index is 0.580. The van der Waals surface area contributed by atoms with Crippen molar-refractivity contribution in [1.82, 2.24) is 0 Å². The number of ether oxygens (including phenoxy) is 1. The quantitative estimate of drug-likeness (QED) is 0.792. The molecule has 2 atom stereocenters. The van der Waals surface area contributed by atoms with Crippen molar-refractivity contribution in [2.24, 2.45) is 4.99 Å². The molecule has 0 saturated heterocycles. The Labute approximate surface area is 118 Å². The lowest BCUT2D eigenvalue weighted by Crippen LogP contribution is -2.41. The van der Waals surface area contributed by atoms with Crippen molar-refractivity contribution in [2.45, 2.75) is 11.8 Å². The smallest absolute Gasteiger partial charge is 0.220 e. The van der Waals surface area contributed by atoms with Gasteiger partial charge in [0.05, 0.1) is 6.61 Å². The van der Waals surface area contributed by atoms with E-state index in [0.29, 0.717) is 11.3 Å². The zero-order chi connectivity index (χ0) is 14.4. The molecule has 0 aliphatic heterocycles. The molecule has 0 spiro atoms. The molecular weight excluding hydrogens is 254 g/mol. The Morgan fingerprint density at radius 3 is 2.10 bits per heavy atom. The summed E-state index contributed by atoms with van der Waals surface area (Å²) in [6.07, 6.45) is -0.839. The number of hydrogen-bond acceptors (Lipinski definition) is 4. The van der Waals surface area contributed by atoms with Gasteiger partial charge in [0, 0.05) is 0 Å². The number of nitrogens with zero attached hydrogens (tertiary/aromatic N) is 1. The van der Waals surface area contributed by atoms with Crippen LogP contribution in [0.2, 0.25) is 0 Å². The highest BCUT2D eigenvalue weighted by atomic mass is 16.5. The second kappa shape index (κ2) is 6.32. The second-order valence-electron chi connectivity index (χ2n) is 4.42. The van der Waals surface area contributed by atoms with Crippen LogP contribution in [0.1, 0.15) is 11.7 Å². The zero-order valence-corrected chi connectivity index (χ0v) is 11.0. The Bertz CT molecular complexity index is 544. The average Bonchev–Trinajstić information content (AvgIpc) is 2.54. The highest BCUT2D eigenvalue weighted by Crippen LogP contribution is 2.32. The van der Waals surface area contributed by atoms with E-state index in [1.165, 1.54) is 0 Å². The molecule has 0 aromatic heterocycles. The Hall–Kier alpha value is -2.17. The van der Waals surface area contributed by atoms with Crippen LogP contribution in [0.25, 0.3) is 0 Å². The molecule has 0 amide bonds. The molecule has 2 aromatic carbocycles. The minimum Gasteiger partial charge on any atom is -0.480 e. The summed E-state index contributed by atoms with van der Waals surface area (Å²) in [5.74, 6) is 0.580. The van der Waals surface area contributed by atoms with Crippen LogP contribution in [0.3, 0.4) is 0 Å². The number of aliphatic hydroxyl groups is 2. The van der Waals surface area contributed by atoms with E-state index in [2.05, 4.69) is 11.7 Å². The maximum absolute atomic E-state index is 10.4. The van der Waals surface area contributed by atoms with Gasteiger partial charge in [-0.15, -0.1) is 0 Å². The average molecular weight is 271 g/mol. The molecule has 0 aliphatic rings. The molecule has 0 heterocycles. The lowest BCUT2D eigenvalue weighted by atomic mass is 9.99. The molecule has 0 fully saturated rings. The van der Waals surface area contributed by atoms with Gasteiger partial charge in [0.15, 0.2) is 6.10 Å². The third-order valence-corrected chi connectivity index (χ3v) is 3.03. The lowest BCUT2D eigenvalue weighted by molar-refractivity contribution is -0.0893. The van der Waals surface area contributed by atoms with Crippen molar-refractivity contribution in [1.29, 1.82) is 0 Å². The molecule has 0 saturated carbocycles. The molecule has 2 rings (SSSR count). The largest absolute Gasteiger partial charge is 0.480 e. The molecule has 0 aliphatic carbocycles. The van der Waals surface area contributed by atoms with E-state index in [1.807, 2.05) is 36.4 Å². The molecule has 4 heteroatoms. The van der Waals surface area contributed by atoms with Crippen LogP contribution in [-0.2, 0) is 0 Å². The van der Waals surface area contributed by atoms with Crippen molar-refractivity contribution >= 4 is 6.72 Å². The molecule has 20 heavy (non-hydrogen) atoms. The first kappa shape index (κ1) is 14.2. The van der Waals surface area contributed by atoms with Crippen molar-refractivity contribution < 1.29 is 14.9 Å². The Morgan fingerprint density at radius 2 is 1.60 bits per heavy atom. The van der Waals surface area contributed by atoms with Crippen LogP contribution in [0.5, 0.6) is 5.75 Å². The molecule has 0 radical (unpaired) electrons. The molecule has 104 valence electrons. The second-order valence-corrected chi connectivity index (χ2v) is 4.42. The van der Waals surface area contributed by atoms with E-state index < -0.39 is 18.4 Å². The number of benzene rings is 2. The minimum atomic E-state index is -1.79. The Morgan fingerprint density at radius 1 is 1.05 bits per heavy atom. The number of aliphatic imine (C=N–C) groups is 1. The first-order valence-electron chi connectivity index (χ1n) is 6.27. The lowest BCUT2D eigenvalue weighted by Gasteiger charge is -2.31. The molecular formula is C16H17NO3. The number of hydrogen-bond donors (Lipinski definition) is 2. The van der Waals surface area contributed by atoms with E-state index in [4.69, 9.17) is 4.74 Å². The normalized spacial score (nSPS) is 15.1. The van der Waals surface area contributed by atoms with Crippen LogP contribution in [0, 0.1) is 0 Å². The standard InChI is InChI=1S/C16H17NO3/c1-17-16(19,12-18)15(13-8-4-2-5-9-13)20-14-10-6-3-7-11-14/h2-11,15,18-19H,1,12H2/t15-,16+/m0/s1. The summed E-state index contributed by atoms with van der Waals surface area (Å²) in [7, 11) is 0. The van der Waals surface area contributed by atoms with Gasteiger partial charge in [0.1, 0.15) is 5.75 Å². The maximum atomic E-state index is 10.4. The Kier molecular flexibility index (Phi) is 4.50. The summed E-state index contributed by atoms with van der Waals surface area (Å²) in [4.78, 5) is 3.64. The van der Waals surface area contributed by atoms with Gasteiger partial charge in [-0.1, -0.05) is 48.5 Å². The van der Waals surface area contributed by atoms with Crippen molar-refractivity contribution in [3.63, 3.8) is 0 Å². The van der Waals surface area contributed by atoms with Gasteiger partial charge in [-0.3, -0.25) is 4.99 Å². The molecule has 4 nitrogen and oxygen atoms in total. The van der Waals surface area contributed by atoms with Crippen LogP contribution in [0.15, 0.2) is 65.7 Å². The summed E-state index contributed by atoms with van der Waals surface area (Å²) < 4.78 is 5.80. The first-order chi connectivity index (χ1) is 9.69. The van der Waals surface area contributed by atoms with Crippen LogP contribution < -0.4 is 4.74 Å². The van der Waals surface area contributed by atoms with Gasteiger partial charge in [-0.2, -0.15) is 0 Å². The summed E-state index contributed by atoms with van der Waals surface area (Å²) in [6.45, 7) is 2.77. The fourth-order valence-corrected chi connectivity index (χ4v) is 1.91. The fourth-order valence-electron chi connectivity index (χ4n) is 1.91. The number of rotatable bonds is 6. The molecule has 0 bridgehead atoms. The number of aliphatic hydroxyl groups excluding tert-OH is 1. The summed E-state index contributed by atoms with van der Waals surface area (Å²) in [5, 5.41) is 19.8. The van der Waals surface area contributed by atoms with Gasteiger partial charge in [-0.05, 0) is 24.4 Å². The van der Waals surface area contributed by atoms with Gasteiger partial charge in [-0.25, -0.2) is 0 Å². The molecule has 2 N–H and O–H groups in total. The monoisotopic (exact) mass is 271 g/mol. The topological polar surface area (TPSA) is 62.1 Å². The van der Waals surface area contributed by atoms with Gasteiger partial charge >= 0.3 is 0 Å². The van der Waals surface area contributed by atoms with Gasteiger partial charge < -0.3 is 14.9 Å². The van der Waals surface area contributed by atoms with Gasteiger partial charge in [0.2, 0.25) is 5.72 Å². The fraction of sp³-hybridized carbons (Fsp3) is 0.188. The molecule has 0 unspecified atom stereocenters. The van der Waals surface area contributed by atoms with Crippen LogP contribution >= 0.6 is 0 Å². The van der Waals surface area contributed by atoms with E-state index in [9.17, 15) is 10.2 Å². The van der Waals surface area contributed by atoms with Crippen molar-refractivity contribution in [2.75, 3.05) is 6.61 Å². The van der Waals surface area contributed by atoms with E-state index in [-0.39, 0.29) is 0 Å². The summed E-state index contributed by atoms with van der Waals surface area (Å²) >= 11 is 0. The van der Waals surface area contributed by atoms with E-state index in [0.717, 1.165) is 0 Å².